The quantitative estimate of drug-likeness (QED) is 0.428. The molecule has 4 heteroatoms. The van der Waals surface area contributed by atoms with Crippen molar-refractivity contribution in [1.29, 1.82) is 0 Å². The summed E-state index contributed by atoms with van der Waals surface area (Å²) < 4.78 is 10.0. The number of nitrogens with two attached hydrogens (primary N) is 1. The van der Waals surface area contributed by atoms with Gasteiger partial charge >= 0.3 is 0 Å². The molecule has 1 aromatic heterocycles. The van der Waals surface area contributed by atoms with Crippen LogP contribution in [0.4, 0.5) is 0 Å². The Morgan fingerprint density at radius 3 is 3.00 bits per heavy atom. The first-order valence-corrected chi connectivity index (χ1v) is 4.09. The minimum absolute atomic E-state index is 0.430. The second-order valence-electron chi connectivity index (χ2n) is 2.69. The number of nitrogens with zero attached hydrogens (tertiary/aromatic N) is 1. The molecule has 0 saturated carbocycles. The SMILES string of the molecule is COCCN=C(N)c1occc1C. The van der Waals surface area contributed by atoms with E-state index in [0.717, 1.165) is 5.56 Å². The van der Waals surface area contributed by atoms with Crippen molar-refractivity contribution in [1.82, 2.24) is 0 Å². The maximum absolute atomic E-state index is 5.68. The van der Waals surface area contributed by atoms with Gasteiger partial charge in [0.1, 0.15) is 0 Å². The molecule has 4 nitrogen and oxygen atoms in total. The summed E-state index contributed by atoms with van der Waals surface area (Å²) in [5, 5.41) is 0. The molecule has 0 atom stereocenters. The van der Waals surface area contributed by atoms with Crippen molar-refractivity contribution < 1.29 is 9.15 Å². The van der Waals surface area contributed by atoms with Crippen LogP contribution < -0.4 is 5.73 Å². The van der Waals surface area contributed by atoms with E-state index in [9.17, 15) is 0 Å². The fraction of sp³-hybridized carbons (Fsp3) is 0.444. The van der Waals surface area contributed by atoms with Crippen LogP contribution in [0.3, 0.4) is 0 Å². The molecule has 1 aromatic rings. The lowest BCUT2D eigenvalue weighted by atomic mass is 10.3. The van der Waals surface area contributed by atoms with Gasteiger partial charge in [-0.25, -0.2) is 0 Å². The van der Waals surface area contributed by atoms with Gasteiger partial charge in [0.15, 0.2) is 11.6 Å². The Labute approximate surface area is 77.4 Å². The Morgan fingerprint density at radius 1 is 1.69 bits per heavy atom. The van der Waals surface area contributed by atoms with Crippen LogP contribution in [0.5, 0.6) is 0 Å². The van der Waals surface area contributed by atoms with Gasteiger partial charge in [0, 0.05) is 7.11 Å². The summed E-state index contributed by atoms with van der Waals surface area (Å²) in [6.07, 6.45) is 1.60. The molecule has 0 aliphatic heterocycles. The van der Waals surface area contributed by atoms with Crippen molar-refractivity contribution in [3.8, 4) is 0 Å². The Kier molecular flexibility index (Phi) is 3.52. The van der Waals surface area contributed by atoms with Crippen LogP contribution >= 0.6 is 0 Å². The van der Waals surface area contributed by atoms with E-state index in [4.69, 9.17) is 14.9 Å². The van der Waals surface area contributed by atoms with Crippen LogP contribution in [0.1, 0.15) is 11.3 Å². The number of ether oxygens (including phenoxy) is 1. The predicted molar refractivity (Wildman–Crippen MR) is 50.9 cm³/mol. The molecule has 1 heterocycles. The number of aliphatic imine (C=N–C) groups is 1. The number of rotatable bonds is 4. The molecular weight excluding hydrogens is 168 g/mol. The third-order valence-electron chi connectivity index (χ3n) is 1.67. The van der Waals surface area contributed by atoms with E-state index in [2.05, 4.69) is 4.99 Å². The van der Waals surface area contributed by atoms with Gasteiger partial charge in [0.05, 0.1) is 19.4 Å². The topological polar surface area (TPSA) is 60.8 Å². The largest absolute Gasteiger partial charge is 0.461 e. The fourth-order valence-electron chi connectivity index (χ4n) is 0.964. The van der Waals surface area contributed by atoms with Crippen molar-refractivity contribution in [2.45, 2.75) is 6.92 Å². The van der Waals surface area contributed by atoms with E-state index < -0.39 is 0 Å². The first-order valence-electron chi connectivity index (χ1n) is 4.09. The van der Waals surface area contributed by atoms with Crippen LogP contribution in [0.15, 0.2) is 21.7 Å². The lowest BCUT2D eigenvalue weighted by molar-refractivity contribution is 0.208. The molecule has 0 radical (unpaired) electrons. The maximum atomic E-state index is 5.68. The van der Waals surface area contributed by atoms with Gasteiger partial charge in [-0.2, -0.15) is 0 Å². The number of hydrogen-bond acceptors (Lipinski definition) is 3. The highest BCUT2D eigenvalue weighted by atomic mass is 16.5. The molecular formula is C9H14N2O2. The minimum atomic E-state index is 0.430. The summed E-state index contributed by atoms with van der Waals surface area (Å²) in [6, 6.07) is 1.86. The van der Waals surface area contributed by atoms with Gasteiger partial charge < -0.3 is 14.9 Å². The Morgan fingerprint density at radius 2 is 2.46 bits per heavy atom. The van der Waals surface area contributed by atoms with Gasteiger partial charge in [-0.15, -0.1) is 0 Å². The highest BCUT2D eigenvalue weighted by Gasteiger charge is 2.05. The monoisotopic (exact) mass is 182 g/mol. The van der Waals surface area contributed by atoms with Crippen molar-refractivity contribution in [3.05, 3.63) is 23.7 Å². The van der Waals surface area contributed by atoms with Gasteiger partial charge in [-0.3, -0.25) is 4.99 Å². The zero-order valence-electron chi connectivity index (χ0n) is 7.91. The third-order valence-corrected chi connectivity index (χ3v) is 1.67. The van der Waals surface area contributed by atoms with Crippen LogP contribution in [0.2, 0.25) is 0 Å². The molecule has 0 fully saturated rings. The van der Waals surface area contributed by atoms with Crippen molar-refractivity contribution >= 4 is 5.84 Å². The summed E-state index contributed by atoms with van der Waals surface area (Å²) in [6.45, 7) is 3.06. The Balaban J connectivity index is 2.62. The van der Waals surface area contributed by atoms with Crippen molar-refractivity contribution in [3.63, 3.8) is 0 Å². The molecule has 0 amide bonds. The highest BCUT2D eigenvalue weighted by molar-refractivity contribution is 5.96. The molecule has 0 aliphatic carbocycles. The second kappa shape index (κ2) is 4.67. The van der Waals surface area contributed by atoms with Crippen molar-refractivity contribution in [2.75, 3.05) is 20.3 Å². The van der Waals surface area contributed by atoms with Crippen LogP contribution in [-0.4, -0.2) is 26.1 Å². The van der Waals surface area contributed by atoms with E-state index in [1.165, 1.54) is 0 Å². The lowest BCUT2D eigenvalue weighted by Gasteiger charge is -1.98. The smallest absolute Gasteiger partial charge is 0.171 e. The van der Waals surface area contributed by atoms with Gasteiger partial charge in [-0.05, 0) is 18.6 Å². The average Bonchev–Trinajstić information content (AvgIpc) is 2.52. The summed E-state index contributed by atoms with van der Waals surface area (Å²) in [7, 11) is 1.63. The Bertz CT molecular complexity index is 292. The summed E-state index contributed by atoms with van der Waals surface area (Å²) >= 11 is 0. The second-order valence-corrected chi connectivity index (χ2v) is 2.69. The van der Waals surface area contributed by atoms with Crippen LogP contribution in [-0.2, 0) is 4.74 Å². The van der Waals surface area contributed by atoms with E-state index >= 15 is 0 Å². The van der Waals surface area contributed by atoms with E-state index in [1.54, 1.807) is 13.4 Å². The summed E-state index contributed by atoms with van der Waals surface area (Å²) in [5.74, 6) is 1.08. The molecule has 0 unspecified atom stereocenters. The van der Waals surface area contributed by atoms with Gasteiger partial charge in [0.25, 0.3) is 0 Å². The summed E-state index contributed by atoms with van der Waals surface area (Å²) in [4.78, 5) is 4.09. The predicted octanol–water partition coefficient (Wildman–Crippen LogP) is 0.940. The number of amidine groups is 1. The van der Waals surface area contributed by atoms with E-state index in [-0.39, 0.29) is 0 Å². The maximum Gasteiger partial charge on any atom is 0.171 e. The minimum Gasteiger partial charge on any atom is -0.461 e. The Hall–Kier alpha value is -1.29. The summed E-state index contributed by atoms with van der Waals surface area (Å²) in [5.41, 5.74) is 6.68. The standard InChI is InChI=1S/C9H14N2O2/c1-7-3-5-13-8(7)9(10)11-4-6-12-2/h3,5H,4,6H2,1-2H3,(H2,10,11). The van der Waals surface area contributed by atoms with Gasteiger partial charge in [0.2, 0.25) is 0 Å². The molecule has 0 aromatic carbocycles. The van der Waals surface area contributed by atoms with Crippen LogP contribution in [0, 0.1) is 6.92 Å². The van der Waals surface area contributed by atoms with Gasteiger partial charge in [-0.1, -0.05) is 0 Å². The molecule has 0 bridgehead atoms. The molecule has 0 saturated heterocycles. The van der Waals surface area contributed by atoms with Crippen LogP contribution in [0.25, 0.3) is 0 Å². The molecule has 1 rings (SSSR count). The molecule has 72 valence electrons. The number of methoxy groups -OCH3 is 1. The lowest BCUT2D eigenvalue weighted by Crippen LogP contribution is -2.15. The average molecular weight is 182 g/mol. The molecule has 2 N–H and O–H groups in total. The number of hydrogen-bond donors (Lipinski definition) is 1. The molecule has 0 spiro atoms. The fourth-order valence-corrected chi connectivity index (χ4v) is 0.964. The first kappa shape index (κ1) is 9.80. The van der Waals surface area contributed by atoms with E-state index in [0.29, 0.717) is 24.7 Å². The first-order chi connectivity index (χ1) is 6.25. The third kappa shape index (κ3) is 2.59. The van der Waals surface area contributed by atoms with Crippen molar-refractivity contribution in [2.24, 2.45) is 10.7 Å². The zero-order chi connectivity index (χ0) is 9.68. The number of furan rings is 1. The molecule has 13 heavy (non-hydrogen) atoms. The number of aryl methyl sites for hydroxylation is 1. The zero-order valence-corrected chi connectivity index (χ0v) is 7.91. The highest BCUT2D eigenvalue weighted by Crippen LogP contribution is 2.07. The normalized spacial score (nSPS) is 12.0. The van der Waals surface area contributed by atoms with E-state index in [1.807, 2.05) is 13.0 Å². The molecule has 0 aliphatic rings.